The average molecular weight is 282 g/mol. The molecule has 2 fully saturated rings. The lowest BCUT2D eigenvalue weighted by atomic mass is 9.85. The monoisotopic (exact) mass is 282 g/mol. The Labute approximate surface area is 123 Å². The second-order valence-electron chi connectivity index (χ2n) is 6.57. The highest BCUT2D eigenvalue weighted by atomic mass is 16.5. The van der Waals surface area contributed by atoms with Gasteiger partial charge in [-0.1, -0.05) is 20.3 Å². The topological polar surface area (TPSA) is 41.6 Å². The molecule has 2 aliphatic heterocycles. The van der Waals surface area contributed by atoms with Gasteiger partial charge in [0.2, 0.25) is 5.91 Å². The van der Waals surface area contributed by atoms with Gasteiger partial charge in [-0.25, -0.2) is 0 Å². The Bertz CT molecular complexity index is 347. The predicted octanol–water partition coefficient (Wildman–Crippen LogP) is 1.89. The van der Waals surface area contributed by atoms with Gasteiger partial charge in [-0.15, -0.1) is 0 Å². The first kappa shape index (κ1) is 15.8. The zero-order valence-corrected chi connectivity index (χ0v) is 13.6. The molecule has 0 aromatic carbocycles. The molecule has 6 atom stereocenters. The molecule has 0 aromatic rings. The first-order chi connectivity index (χ1) is 9.49. The Morgan fingerprint density at radius 2 is 2.00 bits per heavy atom. The minimum absolute atomic E-state index is 0.0358. The fourth-order valence-corrected chi connectivity index (χ4v) is 3.93. The third kappa shape index (κ3) is 2.86. The van der Waals surface area contributed by atoms with Crippen molar-refractivity contribution in [3.8, 4) is 0 Å². The Morgan fingerprint density at radius 1 is 1.30 bits per heavy atom. The standard InChI is InChI=1S/C16H30N2O2/c1-6-13-9-18(8-7-14(13)17-5)16(19)15-10(2)11(3)20-12(15)4/h10-15,17H,6-9H2,1-5H3. The van der Waals surface area contributed by atoms with Crippen LogP contribution in [-0.4, -0.2) is 49.2 Å². The fourth-order valence-electron chi connectivity index (χ4n) is 3.93. The van der Waals surface area contributed by atoms with Gasteiger partial charge in [-0.2, -0.15) is 0 Å². The lowest BCUT2D eigenvalue weighted by Gasteiger charge is -2.40. The van der Waals surface area contributed by atoms with Gasteiger partial charge >= 0.3 is 0 Å². The molecule has 1 amide bonds. The van der Waals surface area contributed by atoms with Crippen LogP contribution in [-0.2, 0) is 9.53 Å². The van der Waals surface area contributed by atoms with Crippen LogP contribution < -0.4 is 5.32 Å². The summed E-state index contributed by atoms with van der Waals surface area (Å²) in [4.78, 5) is 14.9. The third-order valence-corrected chi connectivity index (χ3v) is 5.47. The molecule has 2 rings (SSSR count). The first-order valence-corrected chi connectivity index (χ1v) is 8.11. The number of rotatable bonds is 3. The predicted molar refractivity (Wildman–Crippen MR) is 80.5 cm³/mol. The molecular formula is C16H30N2O2. The minimum atomic E-state index is 0.0358. The number of hydrogen-bond donors (Lipinski definition) is 1. The molecule has 2 aliphatic rings. The third-order valence-electron chi connectivity index (χ3n) is 5.47. The van der Waals surface area contributed by atoms with E-state index in [1.165, 1.54) is 0 Å². The molecule has 0 radical (unpaired) electrons. The van der Waals surface area contributed by atoms with Crippen molar-refractivity contribution in [1.29, 1.82) is 0 Å². The molecule has 116 valence electrons. The summed E-state index contributed by atoms with van der Waals surface area (Å²) >= 11 is 0. The van der Waals surface area contributed by atoms with Crippen LogP contribution in [0.5, 0.6) is 0 Å². The van der Waals surface area contributed by atoms with Crippen molar-refractivity contribution in [2.45, 2.75) is 58.8 Å². The van der Waals surface area contributed by atoms with E-state index >= 15 is 0 Å². The molecule has 1 N–H and O–H groups in total. The van der Waals surface area contributed by atoms with E-state index < -0.39 is 0 Å². The van der Waals surface area contributed by atoms with Crippen LogP contribution in [0.2, 0.25) is 0 Å². The summed E-state index contributed by atoms with van der Waals surface area (Å²) in [6.07, 6.45) is 2.43. The van der Waals surface area contributed by atoms with E-state index in [-0.39, 0.29) is 18.1 Å². The fraction of sp³-hybridized carbons (Fsp3) is 0.938. The molecule has 2 heterocycles. The number of amides is 1. The summed E-state index contributed by atoms with van der Waals surface area (Å²) in [6, 6.07) is 0.553. The van der Waals surface area contributed by atoms with Gasteiger partial charge in [-0.3, -0.25) is 4.79 Å². The second-order valence-corrected chi connectivity index (χ2v) is 6.57. The molecule has 6 unspecified atom stereocenters. The maximum atomic E-state index is 12.8. The summed E-state index contributed by atoms with van der Waals surface area (Å²) in [5.74, 6) is 1.23. The number of nitrogens with zero attached hydrogens (tertiary/aromatic N) is 1. The highest BCUT2D eigenvalue weighted by Gasteiger charge is 2.44. The zero-order chi connectivity index (χ0) is 14.9. The smallest absolute Gasteiger partial charge is 0.228 e. The normalized spacial score (nSPS) is 42.0. The molecule has 4 heteroatoms. The zero-order valence-electron chi connectivity index (χ0n) is 13.6. The van der Waals surface area contributed by atoms with Crippen molar-refractivity contribution >= 4 is 5.91 Å². The van der Waals surface area contributed by atoms with Crippen molar-refractivity contribution < 1.29 is 9.53 Å². The van der Waals surface area contributed by atoms with Crippen molar-refractivity contribution in [2.75, 3.05) is 20.1 Å². The maximum Gasteiger partial charge on any atom is 0.228 e. The van der Waals surface area contributed by atoms with E-state index in [4.69, 9.17) is 4.74 Å². The highest BCUT2D eigenvalue weighted by molar-refractivity contribution is 5.80. The number of carbonyl (C=O) groups is 1. The SMILES string of the molecule is CCC1CN(C(=O)C2C(C)OC(C)C2C)CCC1NC. The minimum Gasteiger partial charge on any atom is -0.374 e. The average Bonchev–Trinajstić information content (AvgIpc) is 2.70. The van der Waals surface area contributed by atoms with Crippen molar-refractivity contribution in [1.82, 2.24) is 10.2 Å². The van der Waals surface area contributed by atoms with Crippen LogP contribution in [0.15, 0.2) is 0 Å². The van der Waals surface area contributed by atoms with E-state index in [1.807, 2.05) is 14.0 Å². The van der Waals surface area contributed by atoms with Crippen molar-refractivity contribution in [2.24, 2.45) is 17.8 Å². The van der Waals surface area contributed by atoms with E-state index in [9.17, 15) is 4.79 Å². The number of nitrogens with one attached hydrogen (secondary N) is 1. The quantitative estimate of drug-likeness (QED) is 0.859. The van der Waals surface area contributed by atoms with Crippen LogP contribution in [0, 0.1) is 17.8 Å². The summed E-state index contributed by atoms with van der Waals surface area (Å²) < 4.78 is 5.83. The van der Waals surface area contributed by atoms with Gasteiger partial charge in [0.1, 0.15) is 0 Å². The summed E-state index contributed by atoms with van der Waals surface area (Å²) in [5, 5.41) is 3.40. The van der Waals surface area contributed by atoms with Crippen molar-refractivity contribution in [3.63, 3.8) is 0 Å². The van der Waals surface area contributed by atoms with Crippen LogP contribution in [0.3, 0.4) is 0 Å². The summed E-state index contributed by atoms with van der Waals surface area (Å²) in [7, 11) is 2.03. The molecule has 0 bridgehead atoms. The number of likely N-dealkylation sites (tertiary alicyclic amines) is 1. The lowest BCUT2D eigenvalue weighted by molar-refractivity contribution is -0.140. The van der Waals surface area contributed by atoms with E-state index in [0.29, 0.717) is 23.8 Å². The Hall–Kier alpha value is -0.610. The summed E-state index contributed by atoms with van der Waals surface area (Å²) in [6.45, 7) is 10.3. The van der Waals surface area contributed by atoms with Gasteiger partial charge < -0.3 is 15.0 Å². The molecule has 20 heavy (non-hydrogen) atoms. The van der Waals surface area contributed by atoms with E-state index in [1.54, 1.807) is 0 Å². The van der Waals surface area contributed by atoms with Gasteiger partial charge in [0, 0.05) is 19.1 Å². The van der Waals surface area contributed by atoms with Crippen LogP contribution in [0.4, 0.5) is 0 Å². The molecule has 0 aliphatic carbocycles. The maximum absolute atomic E-state index is 12.8. The van der Waals surface area contributed by atoms with E-state index in [2.05, 4.69) is 31.0 Å². The molecule has 0 aromatic heterocycles. The number of hydrogen-bond acceptors (Lipinski definition) is 3. The molecule has 4 nitrogen and oxygen atoms in total. The second kappa shape index (κ2) is 6.44. The van der Waals surface area contributed by atoms with Gasteiger partial charge in [0.25, 0.3) is 0 Å². The Morgan fingerprint density at radius 3 is 2.50 bits per heavy atom. The first-order valence-electron chi connectivity index (χ1n) is 8.11. The van der Waals surface area contributed by atoms with Gasteiger partial charge in [-0.05, 0) is 39.2 Å². The van der Waals surface area contributed by atoms with Crippen LogP contribution in [0.1, 0.15) is 40.5 Å². The number of ether oxygens (including phenoxy) is 1. The lowest BCUT2D eigenvalue weighted by Crippen LogP contribution is -2.52. The van der Waals surface area contributed by atoms with Gasteiger partial charge in [0.05, 0.1) is 18.1 Å². The molecule has 0 saturated carbocycles. The van der Waals surface area contributed by atoms with E-state index in [0.717, 1.165) is 25.9 Å². The molecular weight excluding hydrogens is 252 g/mol. The Kier molecular flexibility index (Phi) is 5.08. The van der Waals surface area contributed by atoms with Crippen LogP contribution in [0.25, 0.3) is 0 Å². The van der Waals surface area contributed by atoms with Gasteiger partial charge in [0.15, 0.2) is 0 Å². The molecule has 0 spiro atoms. The van der Waals surface area contributed by atoms with Crippen LogP contribution >= 0.6 is 0 Å². The Balaban J connectivity index is 2.03. The number of carbonyl (C=O) groups excluding carboxylic acids is 1. The summed E-state index contributed by atoms with van der Waals surface area (Å²) in [5.41, 5.74) is 0. The highest BCUT2D eigenvalue weighted by Crippen LogP contribution is 2.34. The molecule has 2 saturated heterocycles. The largest absolute Gasteiger partial charge is 0.374 e. The van der Waals surface area contributed by atoms with Crippen molar-refractivity contribution in [3.05, 3.63) is 0 Å². The number of piperidine rings is 1.